The van der Waals surface area contributed by atoms with Crippen molar-refractivity contribution >= 4 is 11.8 Å². The van der Waals surface area contributed by atoms with Gasteiger partial charge in [-0.3, -0.25) is 9.59 Å². The second-order valence-electron chi connectivity index (χ2n) is 6.72. The average molecular weight is 362 g/mol. The summed E-state index contributed by atoms with van der Waals surface area (Å²) in [7, 11) is 1.52. The van der Waals surface area contributed by atoms with Crippen LogP contribution in [0.3, 0.4) is 0 Å². The fourth-order valence-electron chi connectivity index (χ4n) is 3.21. The number of para-hydroxylation sites is 1. The molecule has 1 aromatic carbocycles. The van der Waals surface area contributed by atoms with Crippen molar-refractivity contribution in [3.05, 3.63) is 29.3 Å². The molecular formula is C20H30N2O4. The fourth-order valence-corrected chi connectivity index (χ4v) is 3.21. The van der Waals surface area contributed by atoms with Crippen LogP contribution in [0.25, 0.3) is 0 Å². The lowest BCUT2D eigenvalue weighted by atomic mass is 10.1. The lowest BCUT2D eigenvalue weighted by Gasteiger charge is -2.22. The van der Waals surface area contributed by atoms with Gasteiger partial charge in [-0.2, -0.15) is 0 Å². The lowest BCUT2D eigenvalue weighted by Crippen LogP contribution is -2.38. The monoisotopic (exact) mass is 362 g/mol. The normalized spacial score (nSPS) is 14.9. The van der Waals surface area contributed by atoms with Crippen molar-refractivity contribution in [2.24, 2.45) is 0 Å². The highest BCUT2D eigenvalue weighted by Crippen LogP contribution is 2.22. The van der Waals surface area contributed by atoms with E-state index in [0.29, 0.717) is 45.6 Å². The van der Waals surface area contributed by atoms with Gasteiger partial charge in [-0.25, -0.2) is 0 Å². The molecule has 6 heteroatoms. The van der Waals surface area contributed by atoms with Gasteiger partial charge < -0.3 is 19.3 Å². The molecule has 1 aliphatic rings. The van der Waals surface area contributed by atoms with Crippen LogP contribution in [0.2, 0.25) is 0 Å². The Bertz CT molecular complexity index is 598. The molecule has 1 aliphatic heterocycles. The number of amides is 2. The highest BCUT2D eigenvalue weighted by Gasteiger charge is 2.21. The number of carbonyl (C=O) groups is 2. The molecule has 0 aromatic heterocycles. The third-order valence-corrected chi connectivity index (χ3v) is 4.66. The number of benzene rings is 1. The van der Waals surface area contributed by atoms with Gasteiger partial charge in [0.1, 0.15) is 12.4 Å². The molecule has 0 atom stereocenters. The molecule has 6 nitrogen and oxygen atoms in total. The third kappa shape index (κ3) is 5.73. The van der Waals surface area contributed by atoms with Gasteiger partial charge in [0.05, 0.1) is 6.61 Å². The first-order chi connectivity index (χ1) is 12.5. The first-order valence-electron chi connectivity index (χ1n) is 9.26. The number of ether oxygens (including phenoxy) is 2. The summed E-state index contributed by atoms with van der Waals surface area (Å²) >= 11 is 0. The topological polar surface area (TPSA) is 59.1 Å². The second-order valence-corrected chi connectivity index (χ2v) is 6.72. The zero-order chi connectivity index (χ0) is 18.9. The Morgan fingerprint density at radius 3 is 2.23 bits per heavy atom. The molecule has 144 valence electrons. The van der Waals surface area contributed by atoms with E-state index in [1.54, 1.807) is 4.90 Å². The van der Waals surface area contributed by atoms with Crippen LogP contribution < -0.4 is 4.74 Å². The number of rotatable bonds is 7. The molecule has 26 heavy (non-hydrogen) atoms. The first-order valence-corrected chi connectivity index (χ1v) is 9.26. The Kier molecular flexibility index (Phi) is 7.91. The summed E-state index contributed by atoms with van der Waals surface area (Å²) in [5.74, 6) is 1.04. The van der Waals surface area contributed by atoms with Crippen LogP contribution in [-0.2, 0) is 14.3 Å². The summed E-state index contributed by atoms with van der Waals surface area (Å²) in [6, 6.07) is 6.07. The minimum absolute atomic E-state index is 0.0104. The maximum Gasteiger partial charge on any atom is 0.248 e. The Morgan fingerprint density at radius 2 is 1.62 bits per heavy atom. The van der Waals surface area contributed by atoms with Gasteiger partial charge in [-0.1, -0.05) is 18.2 Å². The Balaban J connectivity index is 1.73. The second kappa shape index (κ2) is 10.2. The summed E-state index contributed by atoms with van der Waals surface area (Å²) in [6.07, 6.45) is 1.96. The minimum Gasteiger partial charge on any atom is -0.493 e. The zero-order valence-corrected chi connectivity index (χ0v) is 16.1. The number of aryl methyl sites for hydroxylation is 2. The van der Waals surface area contributed by atoms with E-state index in [9.17, 15) is 9.59 Å². The molecule has 0 bridgehead atoms. The summed E-state index contributed by atoms with van der Waals surface area (Å²) in [4.78, 5) is 28.0. The number of hydrogen-bond donors (Lipinski definition) is 0. The van der Waals surface area contributed by atoms with Crippen molar-refractivity contribution in [3.8, 4) is 5.75 Å². The predicted molar refractivity (Wildman–Crippen MR) is 100 cm³/mol. The van der Waals surface area contributed by atoms with E-state index >= 15 is 0 Å². The molecule has 0 aliphatic carbocycles. The minimum atomic E-state index is -0.0104. The van der Waals surface area contributed by atoms with Crippen molar-refractivity contribution in [1.29, 1.82) is 0 Å². The molecule has 0 spiro atoms. The first kappa shape index (κ1) is 20.2. The van der Waals surface area contributed by atoms with Crippen molar-refractivity contribution in [3.63, 3.8) is 0 Å². The number of carbonyl (C=O) groups excluding carboxylic acids is 2. The highest BCUT2D eigenvalue weighted by atomic mass is 16.5. The molecule has 2 amide bonds. The summed E-state index contributed by atoms with van der Waals surface area (Å²) in [5.41, 5.74) is 2.23. The summed E-state index contributed by atoms with van der Waals surface area (Å²) < 4.78 is 10.8. The molecule has 2 rings (SSSR count). The predicted octanol–water partition coefficient (Wildman–Crippen LogP) is 2.17. The van der Waals surface area contributed by atoms with Crippen LogP contribution in [0.1, 0.15) is 30.4 Å². The summed E-state index contributed by atoms with van der Waals surface area (Å²) in [5, 5.41) is 0. The van der Waals surface area contributed by atoms with Gasteiger partial charge in [0.2, 0.25) is 11.8 Å². The van der Waals surface area contributed by atoms with E-state index in [4.69, 9.17) is 9.47 Å². The molecular weight excluding hydrogens is 332 g/mol. The van der Waals surface area contributed by atoms with Crippen molar-refractivity contribution in [2.75, 3.05) is 46.5 Å². The molecule has 0 N–H and O–H groups in total. The van der Waals surface area contributed by atoms with Crippen molar-refractivity contribution in [2.45, 2.75) is 33.1 Å². The fraction of sp³-hybridized carbons (Fsp3) is 0.600. The number of methoxy groups -OCH3 is 1. The maximum absolute atomic E-state index is 12.4. The molecule has 1 heterocycles. The van der Waals surface area contributed by atoms with Gasteiger partial charge in [0.15, 0.2) is 0 Å². The smallest absolute Gasteiger partial charge is 0.248 e. The maximum atomic E-state index is 12.4. The van der Waals surface area contributed by atoms with Gasteiger partial charge in [0.25, 0.3) is 0 Å². The molecule has 1 fully saturated rings. The number of hydrogen-bond acceptors (Lipinski definition) is 4. The molecule has 1 saturated heterocycles. The van der Waals surface area contributed by atoms with Crippen molar-refractivity contribution < 1.29 is 19.1 Å². The zero-order valence-electron chi connectivity index (χ0n) is 16.1. The van der Waals surface area contributed by atoms with Gasteiger partial charge >= 0.3 is 0 Å². The van der Waals surface area contributed by atoms with E-state index in [1.807, 2.05) is 36.9 Å². The third-order valence-electron chi connectivity index (χ3n) is 4.66. The number of nitrogens with zero attached hydrogens (tertiary/aromatic N) is 2. The standard InChI is InChI=1S/C20H30N2O4/c1-16-7-4-8-17(2)20(16)26-14-5-9-18(23)21-10-6-11-22(13-12-21)19(24)15-25-3/h4,7-8H,5-6,9-15H2,1-3H3. The van der Waals surface area contributed by atoms with Gasteiger partial charge in [0, 0.05) is 39.7 Å². The van der Waals surface area contributed by atoms with Crippen LogP contribution in [0.15, 0.2) is 18.2 Å². The van der Waals surface area contributed by atoms with E-state index in [2.05, 4.69) is 0 Å². The molecule has 0 unspecified atom stereocenters. The Morgan fingerprint density at radius 1 is 1.00 bits per heavy atom. The Hall–Kier alpha value is -2.08. The lowest BCUT2D eigenvalue weighted by molar-refractivity contribution is -0.136. The van der Waals surface area contributed by atoms with Gasteiger partial charge in [-0.05, 0) is 37.8 Å². The largest absolute Gasteiger partial charge is 0.493 e. The highest BCUT2D eigenvalue weighted by molar-refractivity contribution is 5.78. The van der Waals surface area contributed by atoms with E-state index < -0.39 is 0 Å². The van der Waals surface area contributed by atoms with Crippen molar-refractivity contribution in [1.82, 2.24) is 9.80 Å². The van der Waals surface area contributed by atoms with Crippen LogP contribution in [0.5, 0.6) is 5.75 Å². The van der Waals surface area contributed by atoms with E-state index in [0.717, 1.165) is 23.3 Å². The van der Waals surface area contributed by atoms with Crippen LogP contribution >= 0.6 is 0 Å². The average Bonchev–Trinajstić information content (AvgIpc) is 2.87. The van der Waals surface area contributed by atoms with E-state index in [1.165, 1.54) is 7.11 Å². The quantitative estimate of drug-likeness (QED) is 0.698. The van der Waals surface area contributed by atoms with Crippen LogP contribution in [-0.4, -0.2) is 68.1 Å². The molecule has 0 radical (unpaired) electrons. The molecule has 1 aromatic rings. The Labute approximate surface area is 156 Å². The van der Waals surface area contributed by atoms with E-state index in [-0.39, 0.29) is 18.4 Å². The van der Waals surface area contributed by atoms with Gasteiger partial charge in [-0.15, -0.1) is 0 Å². The molecule has 0 saturated carbocycles. The van der Waals surface area contributed by atoms with Crippen LogP contribution in [0.4, 0.5) is 0 Å². The van der Waals surface area contributed by atoms with Crippen LogP contribution in [0, 0.1) is 13.8 Å². The SMILES string of the molecule is COCC(=O)N1CCCN(C(=O)CCCOc2c(C)cccc2C)CC1. The summed E-state index contributed by atoms with van der Waals surface area (Å²) in [6.45, 7) is 7.24.